The third-order valence-electron chi connectivity index (χ3n) is 4.35. The van der Waals surface area contributed by atoms with E-state index in [4.69, 9.17) is 0 Å². The Morgan fingerprint density at radius 1 is 1.43 bits per heavy atom. The summed E-state index contributed by atoms with van der Waals surface area (Å²) in [6.07, 6.45) is 8.11. The molecule has 0 aliphatic carbocycles. The van der Waals surface area contributed by atoms with Crippen molar-refractivity contribution in [3.8, 4) is 0 Å². The van der Waals surface area contributed by atoms with Crippen LogP contribution in [0.3, 0.4) is 0 Å². The topological polar surface area (TPSA) is 64.7 Å². The van der Waals surface area contributed by atoms with Crippen LogP contribution in [0.5, 0.6) is 0 Å². The molecule has 0 fully saturated rings. The minimum absolute atomic E-state index is 0.0223. The molecule has 1 N–H and O–H groups in total. The number of hydrogen-bond donors (Lipinski definition) is 1. The summed E-state index contributed by atoms with van der Waals surface area (Å²) >= 11 is 0. The number of aryl methyl sites for hydroxylation is 1. The number of rotatable bonds is 3. The van der Waals surface area contributed by atoms with Crippen molar-refractivity contribution in [3.63, 3.8) is 0 Å². The van der Waals surface area contributed by atoms with Gasteiger partial charge in [0.05, 0.1) is 23.0 Å². The highest BCUT2D eigenvalue weighted by atomic mass is 16.1. The minimum Gasteiger partial charge on any atom is -0.347 e. The van der Waals surface area contributed by atoms with Crippen LogP contribution in [-0.2, 0) is 24.9 Å². The van der Waals surface area contributed by atoms with E-state index in [1.807, 2.05) is 17.1 Å². The standard InChI is InChI=1S/C17H25N5O/c1-5-14-13(10-19-22(14)17(2,3)4)16(23)20-12-6-7-15-18-8-9-21(15)11-12/h8-10,12H,5-7,11H2,1-4H3,(H,20,23). The fourth-order valence-corrected chi connectivity index (χ4v) is 3.23. The maximum absolute atomic E-state index is 12.7. The number of hydrogen-bond acceptors (Lipinski definition) is 3. The quantitative estimate of drug-likeness (QED) is 0.944. The highest BCUT2D eigenvalue weighted by Crippen LogP contribution is 2.20. The zero-order valence-electron chi connectivity index (χ0n) is 14.3. The zero-order valence-corrected chi connectivity index (χ0v) is 14.3. The van der Waals surface area contributed by atoms with E-state index >= 15 is 0 Å². The van der Waals surface area contributed by atoms with Gasteiger partial charge in [-0.05, 0) is 33.6 Å². The van der Waals surface area contributed by atoms with Gasteiger partial charge in [0.2, 0.25) is 0 Å². The van der Waals surface area contributed by atoms with E-state index in [1.165, 1.54) is 0 Å². The van der Waals surface area contributed by atoms with Crippen LogP contribution in [-0.4, -0.2) is 31.3 Å². The third-order valence-corrected chi connectivity index (χ3v) is 4.35. The molecule has 1 aliphatic heterocycles. The molecule has 1 aliphatic rings. The Labute approximate surface area is 136 Å². The van der Waals surface area contributed by atoms with E-state index in [-0.39, 0.29) is 17.5 Å². The predicted molar refractivity (Wildman–Crippen MR) is 88.4 cm³/mol. The van der Waals surface area contributed by atoms with Crippen LogP contribution in [0.15, 0.2) is 18.6 Å². The fourth-order valence-electron chi connectivity index (χ4n) is 3.23. The Morgan fingerprint density at radius 2 is 2.22 bits per heavy atom. The molecule has 6 nitrogen and oxygen atoms in total. The van der Waals surface area contributed by atoms with Crippen molar-refractivity contribution in [1.29, 1.82) is 0 Å². The number of carbonyl (C=O) groups excluding carboxylic acids is 1. The molecular formula is C17H25N5O. The van der Waals surface area contributed by atoms with E-state index in [9.17, 15) is 4.79 Å². The number of fused-ring (bicyclic) bond motifs is 1. The molecule has 0 radical (unpaired) electrons. The normalized spacial score (nSPS) is 17.8. The maximum atomic E-state index is 12.7. The summed E-state index contributed by atoms with van der Waals surface area (Å²) in [6, 6.07) is 0.145. The second kappa shape index (κ2) is 5.83. The Balaban J connectivity index is 1.76. The number of carbonyl (C=O) groups is 1. The van der Waals surface area contributed by atoms with E-state index < -0.39 is 0 Å². The van der Waals surface area contributed by atoms with Crippen LogP contribution in [0.25, 0.3) is 0 Å². The molecule has 2 aromatic heterocycles. The minimum atomic E-state index is -0.125. The summed E-state index contributed by atoms with van der Waals surface area (Å²) in [5.41, 5.74) is 1.56. The SMILES string of the molecule is CCc1c(C(=O)NC2CCc3nccn3C2)cnn1C(C)(C)C. The number of imidazole rings is 1. The van der Waals surface area contributed by atoms with Gasteiger partial charge in [0, 0.05) is 31.4 Å². The lowest BCUT2D eigenvalue weighted by atomic mass is 10.1. The number of amides is 1. The van der Waals surface area contributed by atoms with Crippen molar-refractivity contribution in [2.75, 3.05) is 0 Å². The Bertz CT molecular complexity index is 707. The first-order valence-corrected chi connectivity index (χ1v) is 8.28. The summed E-state index contributed by atoms with van der Waals surface area (Å²) < 4.78 is 4.07. The first-order chi connectivity index (χ1) is 10.9. The lowest BCUT2D eigenvalue weighted by molar-refractivity contribution is 0.0926. The third kappa shape index (κ3) is 3.02. The highest BCUT2D eigenvalue weighted by molar-refractivity contribution is 5.95. The van der Waals surface area contributed by atoms with Gasteiger partial charge in [-0.15, -0.1) is 0 Å². The molecule has 3 heterocycles. The lowest BCUT2D eigenvalue weighted by Crippen LogP contribution is -2.41. The molecule has 2 aromatic rings. The van der Waals surface area contributed by atoms with Gasteiger partial charge in [-0.1, -0.05) is 6.92 Å². The van der Waals surface area contributed by atoms with Crippen LogP contribution >= 0.6 is 0 Å². The first kappa shape index (κ1) is 15.8. The monoisotopic (exact) mass is 315 g/mol. The predicted octanol–water partition coefficient (Wildman–Crippen LogP) is 2.14. The molecule has 124 valence electrons. The molecule has 1 unspecified atom stereocenters. The van der Waals surface area contributed by atoms with Crippen molar-refractivity contribution in [1.82, 2.24) is 24.6 Å². The van der Waals surface area contributed by atoms with Crippen LogP contribution in [0.4, 0.5) is 0 Å². The summed E-state index contributed by atoms with van der Waals surface area (Å²) in [5, 5.41) is 7.61. The van der Waals surface area contributed by atoms with E-state index in [2.05, 4.69) is 47.7 Å². The van der Waals surface area contributed by atoms with E-state index in [1.54, 1.807) is 6.20 Å². The molecule has 6 heteroatoms. The second-order valence-corrected chi connectivity index (χ2v) is 7.15. The van der Waals surface area contributed by atoms with Crippen LogP contribution in [0.1, 0.15) is 56.0 Å². The Morgan fingerprint density at radius 3 is 2.91 bits per heavy atom. The van der Waals surface area contributed by atoms with Gasteiger partial charge < -0.3 is 9.88 Å². The van der Waals surface area contributed by atoms with Gasteiger partial charge in [-0.2, -0.15) is 5.10 Å². The fraction of sp³-hybridized carbons (Fsp3) is 0.588. The van der Waals surface area contributed by atoms with Gasteiger partial charge in [0.1, 0.15) is 5.82 Å². The van der Waals surface area contributed by atoms with Gasteiger partial charge in [-0.25, -0.2) is 4.98 Å². The molecular weight excluding hydrogens is 290 g/mol. The molecule has 0 saturated heterocycles. The van der Waals surface area contributed by atoms with Crippen molar-refractivity contribution < 1.29 is 4.79 Å². The van der Waals surface area contributed by atoms with Gasteiger partial charge >= 0.3 is 0 Å². The molecule has 0 aromatic carbocycles. The largest absolute Gasteiger partial charge is 0.347 e. The first-order valence-electron chi connectivity index (χ1n) is 8.28. The van der Waals surface area contributed by atoms with Gasteiger partial charge in [-0.3, -0.25) is 9.48 Å². The molecule has 0 spiro atoms. The molecule has 1 atom stereocenters. The average Bonchev–Trinajstić information content (AvgIpc) is 3.12. The number of nitrogens with zero attached hydrogens (tertiary/aromatic N) is 4. The van der Waals surface area contributed by atoms with Crippen molar-refractivity contribution in [2.45, 2.75) is 65.1 Å². The number of aromatic nitrogens is 4. The smallest absolute Gasteiger partial charge is 0.255 e. The lowest BCUT2D eigenvalue weighted by Gasteiger charge is -2.25. The summed E-state index contributed by atoms with van der Waals surface area (Å²) in [7, 11) is 0. The zero-order chi connectivity index (χ0) is 16.6. The highest BCUT2D eigenvalue weighted by Gasteiger charge is 2.26. The van der Waals surface area contributed by atoms with E-state index in [0.29, 0.717) is 5.56 Å². The number of nitrogens with one attached hydrogen (secondary N) is 1. The summed E-state index contributed by atoms with van der Waals surface area (Å²) in [4.78, 5) is 17.0. The van der Waals surface area contributed by atoms with Crippen molar-refractivity contribution in [2.24, 2.45) is 0 Å². The van der Waals surface area contributed by atoms with Crippen molar-refractivity contribution in [3.05, 3.63) is 35.7 Å². The molecule has 1 amide bonds. The average molecular weight is 315 g/mol. The van der Waals surface area contributed by atoms with Gasteiger partial charge in [0.15, 0.2) is 0 Å². The van der Waals surface area contributed by atoms with Gasteiger partial charge in [0.25, 0.3) is 5.91 Å². The van der Waals surface area contributed by atoms with Crippen LogP contribution in [0.2, 0.25) is 0 Å². The van der Waals surface area contributed by atoms with Crippen LogP contribution in [0, 0.1) is 0 Å². The van der Waals surface area contributed by atoms with Crippen LogP contribution < -0.4 is 5.32 Å². The summed E-state index contributed by atoms with van der Waals surface area (Å²) in [5.74, 6) is 1.08. The second-order valence-electron chi connectivity index (χ2n) is 7.15. The van der Waals surface area contributed by atoms with E-state index in [0.717, 1.165) is 37.3 Å². The molecule has 3 rings (SSSR count). The van der Waals surface area contributed by atoms with Crippen molar-refractivity contribution >= 4 is 5.91 Å². The molecule has 23 heavy (non-hydrogen) atoms. The molecule has 0 saturated carbocycles. The Hall–Kier alpha value is -2.11. The maximum Gasteiger partial charge on any atom is 0.255 e. The Kier molecular flexibility index (Phi) is 4.00. The molecule has 0 bridgehead atoms. The summed E-state index contributed by atoms with van der Waals surface area (Å²) in [6.45, 7) is 9.15.